The normalized spacial score (nSPS) is 11.4. The van der Waals surface area contributed by atoms with Crippen LogP contribution in [0.5, 0.6) is 0 Å². The number of hydrogen-bond acceptors (Lipinski definition) is 2. The fraction of sp³-hybridized carbons (Fsp3) is 0. The van der Waals surface area contributed by atoms with Crippen LogP contribution in [0.1, 0.15) is 0 Å². The van der Waals surface area contributed by atoms with E-state index in [9.17, 15) is 0 Å². The Morgan fingerprint density at radius 3 is 1.78 bits per heavy atom. The first-order valence-corrected chi connectivity index (χ1v) is 19.8. The summed E-state index contributed by atoms with van der Waals surface area (Å²) in [6.45, 7) is 0. The number of hydrogen-bond donors (Lipinski definition) is 0. The van der Waals surface area contributed by atoms with Crippen molar-refractivity contribution in [1.29, 1.82) is 0 Å². The number of benzene rings is 10. The lowest BCUT2D eigenvalue weighted by Crippen LogP contribution is -2.11. The van der Waals surface area contributed by atoms with Gasteiger partial charge >= 0.3 is 0 Å². The molecule has 0 atom stereocenters. The van der Waals surface area contributed by atoms with Gasteiger partial charge in [0.05, 0.1) is 5.69 Å². The van der Waals surface area contributed by atoms with Crippen molar-refractivity contribution >= 4 is 60.3 Å². The van der Waals surface area contributed by atoms with E-state index in [1.807, 2.05) is 18.2 Å². The maximum atomic E-state index is 6.21. The summed E-state index contributed by atoms with van der Waals surface area (Å²) in [4.78, 5) is 2.39. The van der Waals surface area contributed by atoms with Crippen molar-refractivity contribution in [2.75, 3.05) is 4.90 Å². The highest BCUT2D eigenvalue weighted by atomic mass is 16.3. The van der Waals surface area contributed by atoms with Gasteiger partial charge in [-0.05, 0) is 121 Å². The molecular weight excluding hydrogens is 703 g/mol. The van der Waals surface area contributed by atoms with E-state index in [0.29, 0.717) is 0 Å². The average Bonchev–Trinajstić information content (AvgIpc) is 3.74. The molecule has 0 aliphatic carbocycles. The first-order chi connectivity index (χ1) is 28.7. The quantitative estimate of drug-likeness (QED) is 0.151. The number of rotatable bonds is 7. The summed E-state index contributed by atoms with van der Waals surface area (Å²) in [6.07, 6.45) is 0. The molecule has 0 radical (unpaired) electrons. The number of anilines is 3. The van der Waals surface area contributed by atoms with Gasteiger partial charge in [-0.2, -0.15) is 0 Å². The molecule has 10 aromatic carbocycles. The van der Waals surface area contributed by atoms with Crippen molar-refractivity contribution in [2.24, 2.45) is 0 Å². The second-order valence-electron chi connectivity index (χ2n) is 15.0. The number of fused-ring (bicyclic) bond motifs is 5. The third kappa shape index (κ3) is 6.09. The zero-order valence-electron chi connectivity index (χ0n) is 31.7. The van der Waals surface area contributed by atoms with Crippen LogP contribution in [0.25, 0.3) is 88.0 Å². The number of para-hydroxylation sites is 2. The van der Waals surface area contributed by atoms with Crippen LogP contribution in [0.15, 0.2) is 229 Å². The molecular formula is C56H37NO. The van der Waals surface area contributed by atoms with Gasteiger partial charge in [-0.15, -0.1) is 0 Å². The van der Waals surface area contributed by atoms with E-state index in [1.54, 1.807) is 0 Å². The predicted octanol–water partition coefficient (Wildman–Crippen LogP) is 16.0. The molecule has 11 aromatic rings. The van der Waals surface area contributed by atoms with E-state index >= 15 is 0 Å². The SMILES string of the molecule is c1ccc(-c2ccccc2N(c2ccc(-c3ccc4c(ccc5ccccc54)c3)cc2)c2ccc3cc(-c4cccc(-c5cc6ccccc6o5)c4)ccc3c2)cc1. The molecule has 0 aliphatic heterocycles. The molecule has 0 aliphatic rings. The highest BCUT2D eigenvalue weighted by Gasteiger charge is 2.18. The van der Waals surface area contributed by atoms with Crippen LogP contribution >= 0.6 is 0 Å². The Kier molecular flexibility index (Phi) is 8.19. The molecule has 2 heteroatoms. The fourth-order valence-electron chi connectivity index (χ4n) is 8.48. The zero-order chi connectivity index (χ0) is 38.4. The summed E-state index contributed by atoms with van der Waals surface area (Å²) in [7, 11) is 0. The third-order valence-electron chi connectivity index (χ3n) is 11.4. The van der Waals surface area contributed by atoms with Crippen LogP contribution in [0, 0.1) is 0 Å². The molecule has 58 heavy (non-hydrogen) atoms. The molecule has 272 valence electrons. The molecule has 0 saturated carbocycles. The summed E-state index contributed by atoms with van der Waals surface area (Å²) in [6, 6.07) is 80.8. The van der Waals surface area contributed by atoms with Crippen molar-refractivity contribution in [3.05, 3.63) is 224 Å². The van der Waals surface area contributed by atoms with Gasteiger partial charge in [-0.1, -0.05) is 164 Å². The van der Waals surface area contributed by atoms with E-state index in [0.717, 1.165) is 44.9 Å². The van der Waals surface area contributed by atoms with Gasteiger partial charge in [0.1, 0.15) is 11.3 Å². The van der Waals surface area contributed by atoms with Crippen LogP contribution in [-0.4, -0.2) is 0 Å². The summed E-state index contributed by atoms with van der Waals surface area (Å²) < 4.78 is 6.21. The van der Waals surface area contributed by atoms with Gasteiger partial charge in [0, 0.05) is 27.9 Å². The predicted molar refractivity (Wildman–Crippen MR) is 245 cm³/mol. The van der Waals surface area contributed by atoms with E-state index in [-0.39, 0.29) is 0 Å². The molecule has 0 amide bonds. The lowest BCUT2D eigenvalue weighted by Gasteiger charge is -2.28. The van der Waals surface area contributed by atoms with Crippen molar-refractivity contribution in [1.82, 2.24) is 0 Å². The van der Waals surface area contributed by atoms with Crippen molar-refractivity contribution in [3.63, 3.8) is 0 Å². The molecule has 1 aromatic heterocycles. The largest absolute Gasteiger partial charge is 0.456 e. The van der Waals surface area contributed by atoms with Crippen LogP contribution in [0.3, 0.4) is 0 Å². The molecule has 0 saturated heterocycles. The third-order valence-corrected chi connectivity index (χ3v) is 11.4. The van der Waals surface area contributed by atoms with E-state index in [1.165, 1.54) is 60.1 Å². The Balaban J connectivity index is 0.975. The van der Waals surface area contributed by atoms with E-state index in [2.05, 4.69) is 211 Å². The molecule has 0 spiro atoms. The summed E-state index contributed by atoms with van der Waals surface area (Å²) >= 11 is 0. The first kappa shape index (κ1) is 33.6. The molecule has 0 fully saturated rings. The molecule has 0 N–H and O–H groups in total. The van der Waals surface area contributed by atoms with Crippen molar-refractivity contribution in [3.8, 4) is 44.7 Å². The van der Waals surface area contributed by atoms with Crippen molar-refractivity contribution < 1.29 is 4.42 Å². The Bertz CT molecular complexity index is 3250. The van der Waals surface area contributed by atoms with E-state index in [4.69, 9.17) is 4.42 Å². The monoisotopic (exact) mass is 739 g/mol. The Morgan fingerprint density at radius 1 is 0.293 bits per heavy atom. The lowest BCUT2D eigenvalue weighted by molar-refractivity contribution is 0.631. The molecule has 11 rings (SSSR count). The van der Waals surface area contributed by atoms with Crippen LogP contribution < -0.4 is 4.90 Å². The van der Waals surface area contributed by atoms with Gasteiger partial charge < -0.3 is 9.32 Å². The van der Waals surface area contributed by atoms with E-state index < -0.39 is 0 Å². The highest BCUT2D eigenvalue weighted by molar-refractivity contribution is 6.08. The smallest absolute Gasteiger partial charge is 0.135 e. The standard InChI is InChI=1S/C56H37NO/c1-2-11-39(12-3-1)53-18-7-8-19-54(53)57(49-29-25-38(26-30-49)42-28-32-52-46(34-42)24-21-40-13-4-6-17-51(40)52)50-31-27-44-33-43(22-23-45(44)36-50)41-15-10-16-47(35-41)56-37-48-14-5-9-20-55(48)58-56/h1-37H. The number of nitrogens with zero attached hydrogens (tertiary/aromatic N) is 1. The van der Waals surface area contributed by atoms with Gasteiger partial charge in [0.15, 0.2) is 0 Å². The molecule has 0 bridgehead atoms. The van der Waals surface area contributed by atoms with Crippen LogP contribution in [-0.2, 0) is 0 Å². The lowest BCUT2D eigenvalue weighted by atomic mass is 9.97. The Hall–Kier alpha value is -7.68. The molecule has 2 nitrogen and oxygen atoms in total. The summed E-state index contributed by atoms with van der Waals surface area (Å²) in [5, 5.41) is 8.55. The van der Waals surface area contributed by atoms with Gasteiger partial charge in [0.2, 0.25) is 0 Å². The number of furan rings is 1. The average molecular weight is 740 g/mol. The maximum Gasteiger partial charge on any atom is 0.135 e. The molecule has 1 heterocycles. The second kappa shape index (κ2) is 14.1. The zero-order valence-corrected chi connectivity index (χ0v) is 31.7. The van der Waals surface area contributed by atoms with Crippen LogP contribution in [0.4, 0.5) is 17.1 Å². The first-order valence-electron chi connectivity index (χ1n) is 19.8. The van der Waals surface area contributed by atoms with Gasteiger partial charge in [-0.3, -0.25) is 0 Å². The summed E-state index contributed by atoms with van der Waals surface area (Å²) in [5.74, 6) is 0.878. The molecule has 0 unspecified atom stereocenters. The maximum absolute atomic E-state index is 6.21. The highest BCUT2D eigenvalue weighted by Crippen LogP contribution is 2.43. The minimum absolute atomic E-state index is 0.878. The topological polar surface area (TPSA) is 16.4 Å². The fourth-order valence-corrected chi connectivity index (χ4v) is 8.48. The second-order valence-corrected chi connectivity index (χ2v) is 15.0. The van der Waals surface area contributed by atoms with Gasteiger partial charge in [0.25, 0.3) is 0 Å². The van der Waals surface area contributed by atoms with Crippen LogP contribution in [0.2, 0.25) is 0 Å². The Morgan fingerprint density at radius 2 is 0.879 bits per heavy atom. The summed E-state index contributed by atoms with van der Waals surface area (Å²) in [5.41, 5.74) is 12.4. The minimum atomic E-state index is 0.878. The van der Waals surface area contributed by atoms with Gasteiger partial charge in [-0.25, -0.2) is 0 Å². The minimum Gasteiger partial charge on any atom is -0.456 e. The Labute approximate surface area is 337 Å². The van der Waals surface area contributed by atoms with Crippen molar-refractivity contribution in [2.45, 2.75) is 0 Å².